The predicted molar refractivity (Wildman–Crippen MR) is 175 cm³/mol. The topological polar surface area (TPSA) is 102 Å². The summed E-state index contributed by atoms with van der Waals surface area (Å²) >= 11 is 9.24. The quantitative estimate of drug-likeness (QED) is 0.235. The Balaban J connectivity index is 0. The van der Waals surface area contributed by atoms with Crippen molar-refractivity contribution >= 4 is 113 Å². The SMILES string of the molecule is CC(C)(C)OC(=O)Nc1ncc(F)s1.CC(C)(C)OC(=O)Nc1nccs1.CCC(I)I.CCCI. The fourth-order valence-electron chi connectivity index (χ4n) is 1.38. The molecular formula is C22H36FI3N4O4S2. The van der Waals surface area contributed by atoms with E-state index in [0.717, 1.165) is 19.5 Å². The molecule has 0 saturated carbocycles. The number of halogens is 4. The Labute approximate surface area is 263 Å². The zero-order valence-electron chi connectivity index (χ0n) is 21.8. The Kier molecular flexibility index (Phi) is 22.0. The highest BCUT2D eigenvalue weighted by Crippen LogP contribution is 2.17. The van der Waals surface area contributed by atoms with Crippen LogP contribution in [0.15, 0.2) is 17.8 Å². The van der Waals surface area contributed by atoms with Crippen LogP contribution in [0.4, 0.5) is 24.2 Å². The van der Waals surface area contributed by atoms with Gasteiger partial charge in [0.05, 0.1) is 8.13 Å². The van der Waals surface area contributed by atoms with E-state index < -0.39 is 28.5 Å². The standard InChI is InChI=1S/C8H11FN2O2S.C8H12N2O2S.C3H6I2.C3H7I/c1-8(2,3)13-7(12)11-6-10-4-5(9)14-6;1-8(2,3)12-7(11)10-6-9-4-5-13-6;1-2-3(4)5;1-2-3-4/h4H,1-3H3,(H,10,11,12);4-5H,1-3H3,(H,9,10,11);3H,2H2,1H3;2-3H2,1H3. The molecule has 208 valence electrons. The Bertz CT molecular complexity index is 841. The second-order valence-electron chi connectivity index (χ2n) is 8.55. The first-order chi connectivity index (χ1) is 16.5. The average molecular weight is 884 g/mol. The highest BCUT2D eigenvalue weighted by Gasteiger charge is 2.17. The van der Waals surface area contributed by atoms with Crippen LogP contribution in [0.1, 0.15) is 68.2 Å². The van der Waals surface area contributed by atoms with Crippen LogP contribution in [0.5, 0.6) is 0 Å². The minimum absolute atomic E-state index is 0.191. The molecule has 0 bridgehead atoms. The van der Waals surface area contributed by atoms with Crippen LogP contribution < -0.4 is 10.6 Å². The number of thiazole rings is 2. The van der Waals surface area contributed by atoms with E-state index in [4.69, 9.17) is 9.47 Å². The zero-order chi connectivity index (χ0) is 28.4. The molecule has 0 aliphatic carbocycles. The summed E-state index contributed by atoms with van der Waals surface area (Å²) in [5, 5.41) is 6.93. The molecule has 0 unspecified atom stereocenters. The second-order valence-corrected chi connectivity index (χ2v) is 16.9. The number of rotatable bonds is 4. The van der Waals surface area contributed by atoms with Crippen molar-refractivity contribution < 1.29 is 23.5 Å². The van der Waals surface area contributed by atoms with Gasteiger partial charge in [0.1, 0.15) is 11.2 Å². The number of amides is 2. The van der Waals surface area contributed by atoms with Crippen molar-refractivity contribution in [1.29, 1.82) is 0 Å². The number of anilines is 2. The van der Waals surface area contributed by atoms with Crippen molar-refractivity contribution in [2.45, 2.75) is 81.4 Å². The van der Waals surface area contributed by atoms with Crippen molar-refractivity contribution in [2.75, 3.05) is 15.1 Å². The van der Waals surface area contributed by atoms with E-state index in [0.29, 0.717) is 5.13 Å². The molecule has 2 amide bonds. The summed E-state index contributed by atoms with van der Waals surface area (Å²) < 4.78 is 24.6. The number of hydrogen-bond acceptors (Lipinski definition) is 8. The molecule has 0 aliphatic rings. The van der Waals surface area contributed by atoms with Gasteiger partial charge in [-0.2, -0.15) is 4.39 Å². The van der Waals surface area contributed by atoms with Gasteiger partial charge in [0.2, 0.25) is 0 Å². The highest BCUT2D eigenvalue weighted by atomic mass is 127. The van der Waals surface area contributed by atoms with Crippen LogP contribution >= 0.6 is 90.4 Å². The van der Waals surface area contributed by atoms with Crippen molar-refractivity contribution in [1.82, 2.24) is 9.97 Å². The molecule has 2 rings (SSSR count). The van der Waals surface area contributed by atoms with Gasteiger partial charge in [-0.25, -0.2) is 19.6 Å². The molecule has 0 fully saturated rings. The molecule has 0 atom stereocenters. The third kappa shape index (κ3) is 27.0. The van der Waals surface area contributed by atoms with Crippen molar-refractivity contribution in [3.8, 4) is 0 Å². The van der Waals surface area contributed by atoms with Crippen LogP contribution in [0.3, 0.4) is 0 Å². The van der Waals surface area contributed by atoms with Crippen molar-refractivity contribution in [2.24, 2.45) is 0 Å². The fraction of sp³-hybridized carbons (Fsp3) is 0.636. The van der Waals surface area contributed by atoms with Gasteiger partial charge in [0.25, 0.3) is 0 Å². The van der Waals surface area contributed by atoms with E-state index in [1.807, 2.05) is 20.8 Å². The third-order valence-corrected chi connectivity index (χ3v) is 6.85. The number of ether oxygens (including phenoxy) is 2. The Morgan fingerprint density at radius 2 is 1.44 bits per heavy atom. The number of carbonyl (C=O) groups excluding carboxylic acids is 2. The number of alkyl halides is 3. The van der Waals surface area contributed by atoms with E-state index in [1.54, 1.807) is 32.3 Å². The van der Waals surface area contributed by atoms with Gasteiger partial charge in [-0.05, 0) is 58.8 Å². The molecule has 2 heterocycles. The lowest BCUT2D eigenvalue weighted by Gasteiger charge is -2.18. The first-order valence-electron chi connectivity index (χ1n) is 10.9. The van der Waals surface area contributed by atoms with Crippen molar-refractivity contribution in [3.05, 3.63) is 22.9 Å². The lowest BCUT2D eigenvalue weighted by Crippen LogP contribution is -2.27. The van der Waals surface area contributed by atoms with Gasteiger partial charge in [0.15, 0.2) is 15.4 Å². The van der Waals surface area contributed by atoms with Gasteiger partial charge >= 0.3 is 12.2 Å². The molecule has 14 heteroatoms. The fourth-order valence-corrected chi connectivity index (χ4v) is 2.42. The molecule has 2 N–H and O–H groups in total. The lowest BCUT2D eigenvalue weighted by atomic mass is 10.2. The molecule has 2 aromatic rings. The summed E-state index contributed by atoms with van der Waals surface area (Å²) in [5.41, 5.74) is -1.04. The molecule has 8 nitrogen and oxygen atoms in total. The summed E-state index contributed by atoms with van der Waals surface area (Å²) in [5.74, 6) is 0. The number of nitrogens with one attached hydrogen (secondary N) is 2. The van der Waals surface area contributed by atoms with Crippen LogP contribution in [-0.2, 0) is 9.47 Å². The van der Waals surface area contributed by atoms with Crippen LogP contribution in [0.25, 0.3) is 0 Å². The maximum absolute atomic E-state index is 12.5. The van der Waals surface area contributed by atoms with Gasteiger partial charge < -0.3 is 9.47 Å². The minimum atomic E-state index is -0.633. The summed E-state index contributed by atoms with van der Waals surface area (Å²) in [6.07, 6.45) is 4.14. The van der Waals surface area contributed by atoms with Crippen LogP contribution in [0, 0.1) is 5.13 Å². The molecule has 2 aromatic heterocycles. The smallest absolute Gasteiger partial charge is 0.413 e. The normalized spacial score (nSPS) is 10.5. The second kappa shape index (κ2) is 20.8. The molecule has 0 saturated heterocycles. The maximum Gasteiger partial charge on any atom is 0.413 e. The number of nitrogens with zero attached hydrogens (tertiary/aromatic N) is 2. The van der Waals surface area contributed by atoms with Gasteiger partial charge in [-0.3, -0.25) is 10.6 Å². The molecule has 0 aromatic carbocycles. The molecule has 0 radical (unpaired) electrons. The molecule has 36 heavy (non-hydrogen) atoms. The first kappa shape index (κ1) is 38.1. The van der Waals surface area contributed by atoms with Gasteiger partial charge in [-0.1, -0.05) is 93.0 Å². The van der Waals surface area contributed by atoms with Gasteiger partial charge in [-0.15, -0.1) is 11.3 Å². The van der Waals surface area contributed by atoms with E-state index in [-0.39, 0.29) is 5.13 Å². The van der Waals surface area contributed by atoms with Crippen molar-refractivity contribution in [3.63, 3.8) is 0 Å². The molecule has 0 aliphatic heterocycles. The zero-order valence-corrected chi connectivity index (χ0v) is 29.9. The van der Waals surface area contributed by atoms with E-state index in [2.05, 4.69) is 102 Å². The minimum Gasteiger partial charge on any atom is -0.444 e. The Morgan fingerprint density at radius 1 is 1.00 bits per heavy atom. The predicted octanol–water partition coefficient (Wildman–Crippen LogP) is 9.54. The highest BCUT2D eigenvalue weighted by molar-refractivity contribution is 14.2. The number of aromatic nitrogens is 2. The lowest BCUT2D eigenvalue weighted by molar-refractivity contribution is 0.0624. The largest absolute Gasteiger partial charge is 0.444 e. The average Bonchev–Trinajstić information content (AvgIpc) is 3.37. The third-order valence-electron chi connectivity index (χ3n) is 2.62. The Morgan fingerprint density at radius 3 is 1.72 bits per heavy atom. The van der Waals surface area contributed by atoms with E-state index in [1.165, 1.54) is 28.6 Å². The molecular weight excluding hydrogens is 848 g/mol. The summed E-state index contributed by atoms with van der Waals surface area (Å²) in [4.78, 5) is 29.8. The number of hydrogen-bond donors (Lipinski definition) is 2. The summed E-state index contributed by atoms with van der Waals surface area (Å²) in [6.45, 7) is 15.0. The number of carbonyl (C=O) groups is 2. The summed E-state index contributed by atoms with van der Waals surface area (Å²) in [7, 11) is 0. The van der Waals surface area contributed by atoms with E-state index in [9.17, 15) is 14.0 Å². The monoisotopic (exact) mass is 884 g/mol. The van der Waals surface area contributed by atoms with Gasteiger partial charge in [0, 0.05) is 11.6 Å². The summed E-state index contributed by atoms with van der Waals surface area (Å²) in [6, 6.07) is 0. The Hall–Kier alpha value is -0.0800. The van der Waals surface area contributed by atoms with Crippen LogP contribution in [-0.4, -0.2) is 39.7 Å². The first-order valence-corrected chi connectivity index (χ1v) is 16.6. The molecule has 0 spiro atoms. The maximum atomic E-state index is 12.5. The van der Waals surface area contributed by atoms with E-state index >= 15 is 0 Å². The van der Waals surface area contributed by atoms with Crippen LogP contribution in [0.2, 0.25) is 0 Å².